The summed E-state index contributed by atoms with van der Waals surface area (Å²) in [6, 6.07) is 38.0. The molecule has 0 aliphatic carbocycles. The highest BCUT2D eigenvalue weighted by atomic mass is 15.1. The maximum atomic E-state index is 4.74. The third kappa shape index (κ3) is 5.01. The molecule has 44 heavy (non-hydrogen) atoms. The summed E-state index contributed by atoms with van der Waals surface area (Å²) in [4.78, 5) is 6.86. The van der Waals surface area contributed by atoms with Crippen LogP contribution >= 0.6 is 0 Å². The minimum absolute atomic E-state index is 0.846. The van der Waals surface area contributed by atoms with Crippen LogP contribution in [0.3, 0.4) is 0 Å². The number of anilines is 1. The van der Waals surface area contributed by atoms with Gasteiger partial charge in [0.1, 0.15) is 0 Å². The molecule has 0 fully saturated rings. The molecule has 0 amide bonds. The Hall–Kier alpha value is -5.93. The van der Waals surface area contributed by atoms with Crippen molar-refractivity contribution >= 4 is 33.1 Å². The highest BCUT2D eigenvalue weighted by Gasteiger charge is 2.19. The van der Waals surface area contributed by atoms with Crippen molar-refractivity contribution in [3.8, 4) is 16.8 Å². The molecule has 3 nitrogen and oxygen atoms in total. The number of allylic oxidation sites excluding steroid dienone is 8. The molecule has 7 rings (SSSR count). The van der Waals surface area contributed by atoms with Crippen molar-refractivity contribution in [2.24, 2.45) is 0 Å². The number of pyridine rings is 1. The van der Waals surface area contributed by atoms with Gasteiger partial charge in [0.05, 0.1) is 17.2 Å². The van der Waals surface area contributed by atoms with Crippen LogP contribution in [0.2, 0.25) is 0 Å². The molecule has 0 unspecified atom stereocenters. The number of hydrogen-bond acceptors (Lipinski definition) is 2. The smallest absolute Gasteiger partial charge is 0.0730 e. The molecule has 0 spiro atoms. The van der Waals surface area contributed by atoms with E-state index in [-0.39, 0.29) is 0 Å². The van der Waals surface area contributed by atoms with Crippen LogP contribution in [0.25, 0.3) is 44.2 Å². The van der Waals surface area contributed by atoms with E-state index in [9.17, 15) is 0 Å². The SMILES string of the molecule is C=C1/C=C\C=C/N(c2ccc(-c3ccccc3)cc2)/C=C\C=C(\c2cncc3c2c2ccccc2n3-c2ccccc2)C1=C. The number of fused-ring (bicyclic) bond motifs is 3. The van der Waals surface area contributed by atoms with E-state index in [1.807, 2.05) is 42.8 Å². The fraction of sp³-hybridized carbons (Fsp3) is 0. The molecular formula is C41H31N3. The van der Waals surface area contributed by atoms with E-state index < -0.39 is 0 Å². The van der Waals surface area contributed by atoms with Crippen LogP contribution < -0.4 is 4.90 Å². The first kappa shape index (κ1) is 26.9. The third-order valence-electron chi connectivity index (χ3n) is 8.04. The maximum Gasteiger partial charge on any atom is 0.0730 e. The third-order valence-corrected chi connectivity index (χ3v) is 8.04. The number of hydrogen-bond donors (Lipinski definition) is 0. The Labute approximate surface area is 258 Å². The lowest BCUT2D eigenvalue weighted by Crippen LogP contribution is -2.06. The Bertz CT molecular complexity index is 2120. The van der Waals surface area contributed by atoms with E-state index in [1.165, 1.54) is 16.5 Å². The second-order valence-electron chi connectivity index (χ2n) is 10.7. The van der Waals surface area contributed by atoms with Crippen molar-refractivity contribution in [3.63, 3.8) is 0 Å². The highest BCUT2D eigenvalue weighted by Crippen LogP contribution is 2.39. The summed E-state index contributed by atoms with van der Waals surface area (Å²) >= 11 is 0. The van der Waals surface area contributed by atoms with Crippen molar-refractivity contribution in [3.05, 3.63) is 194 Å². The van der Waals surface area contributed by atoms with Crippen molar-refractivity contribution in [1.29, 1.82) is 0 Å². The summed E-state index contributed by atoms with van der Waals surface area (Å²) in [6.45, 7) is 8.86. The van der Waals surface area contributed by atoms with Gasteiger partial charge in [-0.2, -0.15) is 0 Å². The zero-order chi connectivity index (χ0) is 29.9. The lowest BCUT2D eigenvalue weighted by atomic mass is 9.92. The first-order chi connectivity index (χ1) is 21.7. The van der Waals surface area contributed by atoms with Gasteiger partial charge < -0.3 is 9.47 Å². The van der Waals surface area contributed by atoms with E-state index >= 15 is 0 Å². The van der Waals surface area contributed by atoms with Crippen LogP contribution in [0, 0.1) is 0 Å². The fourth-order valence-electron chi connectivity index (χ4n) is 5.82. The number of rotatable bonds is 4. The molecule has 6 aromatic rings. The average molecular weight is 566 g/mol. The standard InChI is InChI=1S/C41H31N3/c1-30-14-11-12-26-43(34-24-22-33(23-25-34)32-15-5-3-6-16-32)27-13-20-36(31(30)2)38-28-42-29-40-41(38)37-19-9-10-21-39(37)44(40)35-17-7-4-8-18-35/h3-29H,1-2H2/b14-11-,26-12-,27-13-,36-20+. The maximum absolute atomic E-state index is 4.74. The molecule has 0 atom stereocenters. The summed E-state index contributed by atoms with van der Waals surface area (Å²) in [6.07, 6.45) is 18.3. The number of benzene rings is 4. The van der Waals surface area contributed by atoms with E-state index in [0.717, 1.165) is 50.1 Å². The molecule has 3 heterocycles. The number of para-hydroxylation sites is 2. The van der Waals surface area contributed by atoms with Gasteiger partial charge in [0.15, 0.2) is 0 Å². The molecule has 1 aliphatic heterocycles. The van der Waals surface area contributed by atoms with Gasteiger partial charge in [-0.1, -0.05) is 110 Å². The lowest BCUT2D eigenvalue weighted by Gasteiger charge is -2.16. The van der Waals surface area contributed by atoms with Crippen LogP contribution in [-0.2, 0) is 0 Å². The Kier molecular flexibility index (Phi) is 7.19. The Morgan fingerprint density at radius 2 is 1.25 bits per heavy atom. The fourth-order valence-corrected chi connectivity index (χ4v) is 5.82. The Balaban J connectivity index is 1.35. The molecular weight excluding hydrogens is 534 g/mol. The quantitative estimate of drug-likeness (QED) is 0.212. The molecule has 1 aliphatic rings. The summed E-state index contributed by atoms with van der Waals surface area (Å²) in [5.41, 5.74) is 10.4. The topological polar surface area (TPSA) is 21.1 Å². The molecule has 2 aromatic heterocycles. The van der Waals surface area contributed by atoms with Crippen LogP contribution in [0.4, 0.5) is 5.69 Å². The van der Waals surface area contributed by atoms with Crippen LogP contribution in [0.1, 0.15) is 5.56 Å². The second kappa shape index (κ2) is 11.7. The monoisotopic (exact) mass is 565 g/mol. The average Bonchev–Trinajstić information content (AvgIpc) is 3.41. The summed E-state index contributed by atoms with van der Waals surface area (Å²) in [7, 11) is 0. The highest BCUT2D eigenvalue weighted by molar-refractivity contribution is 6.14. The molecule has 0 saturated carbocycles. The minimum atomic E-state index is 0.846. The van der Waals surface area contributed by atoms with Crippen LogP contribution in [0.5, 0.6) is 0 Å². The first-order valence-corrected chi connectivity index (χ1v) is 14.7. The first-order valence-electron chi connectivity index (χ1n) is 14.7. The van der Waals surface area contributed by atoms with Crippen molar-refractivity contribution in [2.45, 2.75) is 0 Å². The van der Waals surface area contributed by atoms with Gasteiger partial charge in [-0.05, 0) is 70.3 Å². The normalized spacial score (nSPS) is 17.2. The molecule has 0 N–H and O–H groups in total. The summed E-state index contributed by atoms with van der Waals surface area (Å²) in [5.74, 6) is 0. The molecule has 0 bridgehead atoms. The number of aromatic nitrogens is 2. The van der Waals surface area contributed by atoms with Gasteiger partial charge in [-0.15, -0.1) is 0 Å². The number of nitrogens with zero attached hydrogens (tertiary/aromatic N) is 3. The predicted octanol–water partition coefficient (Wildman–Crippen LogP) is 10.4. The molecule has 210 valence electrons. The summed E-state index contributed by atoms with van der Waals surface area (Å²) < 4.78 is 2.28. The van der Waals surface area contributed by atoms with Gasteiger partial charge in [-0.3, -0.25) is 4.98 Å². The van der Waals surface area contributed by atoms with E-state index in [2.05, 4.69) is 144 Å². The lowest BCUT2D eigenvalue weighted by molar-refractivity contribution is 1.16. The second-order valence-corrected chi connectivity index (χ2v) is 10.7. The Morgan fingerprint density at radius 3 is 2.05 bits per heavy atom. The van der Waals surface area contributed by atoms with Crippen LogP contribution in [-0.4, -0.2) is 9.55 Å². The minimum Gasteiger partial charge on any atom is -0.324 e. The van der Waals surface area contributed by atoms with Gasteiger partial charge in [-0.25, -0.2) is 0 Å². The van der Waals surface area contributed by atoms with Crippen molar-refractivity contribution in [2.75, 3.05) is 4.90 Å². The van der Waals surface area contributed by atoms with Gasteiger partial charge in [0.2, 0.25) is 0 Å². The molecule has 3 heteroatoms. The van der Waals surface area contributed by atoms with Crippen LogP contribution in [0.15, 0.2) is 189 Å². The van der Waals surface area contributed by atoms with Gasteiger partial charge in [0, 0.05) is 46.3 Å². The van der Waals surface area contributed by atoms with E-state index in [0.29, 0.717) is 0 Å². The zero-order valence-corrected chi connectivity index (χ0v) is 24.3. The van der Waals surface area contributed by atoms with Gasteiger partial charge in [0.25, 0.3) is 0 Å². The molecule has 0 saturated heterocycles. The van der Waals surface area contributed by atoms with Crippen molar-refractivity contribution in [1.82, 2.24) is 9.55 Å². The predicted molar refractivity (Wildman–Crippen MR) is 187 cm³/mol. The molecule has 0 radical (unpaired) electrons. The summed E-state index contributed by atoms with van der Waals surface area (Å²) in [5, 5.41) is 2.30. The molecule has 4 aromatic carbocycles. The van der Waals surface area contributed by atoms with E-state index in [1.54, 1.807) is 0 Å². The largest absolute Gasteiger partial charge is 0.324 e. The van der Waals surface area contributed by atoms with E-state index in [4.69, 9.17) is 4.98 Å². The zero-order valence-electron chi connectivity index (χ0n) is 24.3. The van der Waals surface area contributed by atoms with Crippen molar-refractivity contribution < 1.29 is 0 Å². The van der Waals surface area contributed by atoms with Gasteiger partial charge >= 0.3 is 0 Å². The Morgan fingerprint density at radius 1 is 0.568 bits per heavy atom.